The zero-order valence-electron chi connectivity index (χ0n) is 20.6. The van der Waals surface area contributed by atoms with Gasteiger partial charge >= 0.3 is 0 Å². The average molecular weight is 518 g/mol. The van der Waals surface area contributed by atoms with Gasteiger partial charge in [-0.25, -0.2) is 9.97 Å². The third-order valence-electron chi connectivity index (χ3n) is 7.62. The Morgan fingerprint density at radius 2 is 1.33 bits per heavy atom. The summed E-state index contributed by atoms with van der Waals surface area (Å²) < 4.78 is 11.0. The normalized spacial score (nSPS) is 12.1. The third-order valence-corrected chi connectivity index (χ3v) is 8.85. The van der Waals surface area contributed by atoms with E-state index in [1.807, 2.05) is 18.2 Å². The molecule has 5 aromatic carbocycles. The van der Waals surface area contributed by atoms with Crippen molar-refractivity contribution >= 4 is 75.4 Å². The largest absolute Gasteiger partial charge is 0.453 e. The number of fused-ring (bicyclic) bond motifs is 10. The highest BCUT2D eigenvalue weighted by molar-refractivity contribution is 7.27. The van der Waals surface area contributed by atoms with E-state index in [0.717, 1.165) is 65.2 Å². The molecule has 9 aromatic rings. The molecule has 0 unspecified atom stereocenters. The van der Waals surface area contributed by atoms with Crippen LogP contribution in [0, 0.1) is 0 Å². The molecule has 0 N–H and O–H groups in total. The molecule has 0 saturated carbocycles. The minimum Gasteiger partial charge on any atom is -0.453 e. The lowest BCUT2D eigenvalue weighted by atomic mass is 10.0. The van der Waals surface area contributed by atoms with Crippen LogP contribution < -0.4 is 0 Å². The number of thiophene rings is 1. The van der Waals surface area contributed by atoms with E-state index in [-0.39, 0.29) is 0 Å². The molecule has 0 aliphatic heterocycles. The van der Waals surface area contributed by atoms with Gasteiger partial charge < -0.3 is 4.42 Å². The Bertz CT molecular complexity index is 2400. The molecule has 4 aromatic heterocycles. The molecular weight excluding hydrogens is 498 g/mol. The first kappa shape index (κ1) is 21.0. The van der Waals surface area contributed by atoms with Gasteiger partial charge in [-0.1, -0.05) is 91.0 Å². The van der Waals surface area contributed by atoms with E-state index in [2.05, 4.69) is 102 Å². The monoisotopic (exact) mass is 517 g/mol. The van der Waals surface area contributed by atoms with Crippen molar-refractivity contribution in [2.45, 2.75) is 0 Å². The van der Waals surface area contributed by atoms with Crippen LogP contribution in [-0.4, -0.2) is 14.5 Å². The maximum atomic E-state index is 6.50. The van der Waals surface area contributed by atoms with Crippen LogP contribution >= 0.6 is 11.3 Å². The van der Waals surface area contributed by atoms with Gasteiger partial charge in [0.15, 0.2) is 5.58 Å². The lowest BCUT2D eigenvalue weighted by Gasteiger charge is -2.13. The van der Waals surface area contributed by atoms with Gasteiger partial charge in [0.2, 0.25) is 5.95 Å². The molecule has 0 aliphatic rings. The predicted octanol–water partition coefficient (Wildman–Crippen LogP) is 9.51. The molecule has 39 heavy (non-hydrogen) atoms. The summed E-state index contributed by atoms with van der Waals surface area (Å²) in [5, 5.41) is 5.63. The van der Waals surface area contributed by atoms with E-state index in [9.17, 15) is 0 Å². The molecule has 0 radical (unpaired) electrons. The van der Waals surface area contributed by atoms with Crippen LogP contribution in [-0.2, 0) is 0 Å². The fourth-order valence-corrected chi connectivity index (χ4v) is 7.15. The lowest BCUT2D eigenvalue weighted by Crippen LogP contribution is -2.03. The highest BCUT2D eigenvalue weighted by Gasteiger charge is 2.24. The number of hydrogen-bond donors (Lipinski definition) is 0. The zero-order valence-corrected chi connectivity index (χ0v) is 21.4. The van der Waals surface area contributed by atoms with Gasteiger partial charge in [-0.15, -0.1) is 11.3 Å². The maximum Gasteiger partial charge on any atom is 0.235 e. The molecule has 4 heterocycles. The van der Waals surface area contributed by atoms with E-state index >= 15 is 0 Å². The van der Waals surface area contributed by atoms with Gasteiger partial charge in [0.25, 0.3) is 0 Å². The SMILES string of the molecule is c1ccc(-c2nc(-n3c4ccccc4c4sc5c6ccccc6oc5c43)nc3c2ccc2ccccc23)cc1. The smallest absolute Gasteiger partial charge is 0.235 e. The molecule has 4 nitrogen and oxygen atoms in total. The summed E-state index contributed by atoms with van der Waals surface area (Å²) in [6.07, 6.45) is 0. The van der Waals surface area contributed by atoms with Crippen LogP contribution in [0.4, 0.5) is 0 Å². The number of furan rings is 1. The highest BCUT2D eigenvalue weighted by Crippen LogP contribution is 2.46. The fraction of sp³-hybridized carbons (Fsp3) is 0. The molecular formula is C34H19N3OS. The van der Waals surface area contributed by atoms with Gasteiger partial charge in [-0.05, 0) is 29.7 Å². The van der Waals surface area contributed by atoms with Crippen LogP contribution in [0.3, 0.4) is 0 Å². The van der Waals surface area contributed by atoms with Crippen LogP contribution in [0.2, 0.25) is 0 Å². The van der Waals surface area contributed by atoms with Crippen molar-refractivity contribution < 1.29 is 4.42 Å². The number of hydrogen-bond acceptors (Lipinski definition) is 4. The van der Waals surface area contributed by atoms with E-state index < -0.39 is 0 Å². The Labute approximate surface area is 226 Å². The van der Waals surface area contributed by atoms with Gasteiger partial charge in [-0.2, -0.15) is 0 Å². The fourth-order valence-electron chi connectivity index (χ4n) is 5.87. The number of benzene rings is 5. The molecule has 0 aliphatic carbocycles. The second-order valence-corrected chi connectivity index (χ2v) is 10.8. The van der Waals surface area contributed by atoms with Gasteiger partial charge in [0.05, 0.1) is 26.1 Å². The van der Waals surface area contributed by atoms with E-state index in [0.29, 0.717) is 5.95 Å². The van der Waals surface area contributed by atoms with Gasteiger partial charge in [0, 0.05) is 27.1 Å². The number of rotatable bonds is 2. The van der Waals surface area contributed by atoms with Crippen LogP contribution in [0.5, 0.6) is 0 Å². The third kappa shape index (κ3) is 2.88. The van der Waals surface area contributed by atoms with E-state index in [1.54, 1.807) is 11.3 Å². The number of para-hydroxylation sites is 2. The number of nitrogens with zero attached hydrogens (tertiary/aromatic N) is 3. The predicted molar refractivity (Wildman–Crippen MR) is 162 cm³/mol. The Hall–Kier alpha value is -5.00. The van der Waals surface area contributed by atoms with Crippen LogP contribution in [0.25, 0.3) is 81.3 Å². The number of aromatic nitrogens is 3. The summed E-state index contributed by atoms with van der Waals surface area (Å²) >= 11 is 1.78. The summed E-state index contributed by atoms with van der Waals surface area (Å²) in [5.74, 6) is 0.643. The molecule has 0 spiro atoms. The Morgan fingerprint density at radius 3 is 2.23 bits per heavy atom. The average Bonchev–Trinajstić information content (AvgIpc) is 3.64. The minimum absolute atomic E-state index is 0.643. The summed E-state index contributed by atoms with van der Waals surface area (Å²) in [6, 6.07) is 39.9. The van der Waals surface area contributed by atoms with Gasteiger partial charge in [-0.3, -0.25) is 4.57 Å². The minimum atomic E-state index is 0.643. The molecule has 0 atom stereocenters. The molecule has 0 fully saturated rings. The molecule has 0 saturated heterocycles. The van der Waals surface area contributed by atoms with Crippen molar-refractivity contribution in [2.24, 2.45) is 0 Å². The van der Waals surface area contributed by atoms with Crippen molar-refractivity contribution in [3.63, 3.8) is 0 Å². The van der Waals surface area contributed by atoms with Crippen molar-refractivity contribution in [3.8, 4) is 17.2 Å². The molecule has 9 rings (SSSR count). The van der Waals surface area contributed by atoms with Crippen molar-refractivity contribution in [2.75, 3.05) is 0 Å². The highest BCUT2D eigenvalue weighted by atomic mass is 32.1. The van der Waals surface area contributed by atoms with Crippen molar-refractivity contribution in [1.82, 2.24) is 14.5 Å². The molecule has 0 bridgehead atoms. The Morgan fingerprint density at radius 1 is 0.590 bits per heavy atom. The zero-order chi connectivity index (χ0) is 25.5. The lowest BCUT2D eigenvalue weighted by molar-refractivity contribution is 0.671. The summed E-state index contributed by atoms with van der Waals surface area (Å²) in [5.41, 5.74) is 6.80. The Kier molecular flexibility index (Phi) is 4.18. The summed E-state index contributed by atoms with van der Waals surface area (Å²) in [6.45, 7) is 0. The van der Waals surface area contributed by atoms with Crippen LogP contribution in [0.15, 0.2) is 120 Å². The molecule has 182 valence electrons. The first-order chi connectivity index (χ1) is 19.3. The standard InChI is InChI=1S/C34H19N3OS/c1-2-11-21(12-3-1)28-25-19-18-20-10-4-5-13-22(20)29(25)36-34(35-28)37-26-16-8-6-14-23(26)32-30(37)31-33(39-32)24-15-7-9-17-27(24)38-31/h1-19H. The first-order valence-corrected chi connectivity index (χ1v) is 13.8. The second kappa shape index (κ2) is 7.76. The topological polar surface area (TPSA) is 43.9 Å². The molecule has 5 heteroatoms. The van der Waals surface area contributed by atoms with Crippen molar-refractivity contribution in [1.29, 1.82) is 0 Å². The second-order valence-electron chi connectivity index (χ2n) is 9.81. The van der Waals surface area contributed by atoms with E-state index in [4.69, 9.17) is 14.4 Å². The van der Waals surface area contributed by atoms with E-state index in [1.165, 1.54) is 10.1 Å². The Balaban J connectivity index is 1.49. The molecule has 0 amide bonds. The summed E-state index contributed by atoms with van der Waals surface area (Å²) in [4.78, 5) is 10.6. The van der Waals surface area contributed by atoms with Gasteiger partial charge in [0.1, 0.15) is 11.1 Å². The van der Waals surface area contributed by atoms with Crippen molar-refractivity contribution in [3.05, 3.63) is 115 Å². The summed E-state index contributed by atoms with van der Waals surface area (Å²) in [7, 11) is 0. The maximum absolute atomic E-state index is 6.50. The van der Waals surface area contributed by atoms with Crippen LogP contribution in [0.1, 0.15) is 0 Å². The first-order valence-electron chi connectivity index (χ1n) is 12.9. The quantitative estimate of drug-likeness (QED) is 0.214.